The first kappa shape index (κ1) is 19.1. The molecular formula is C22H22N2O4. The molecule has 0 aliphatic carbocycles. The van der Waals surface area contributed by atoms with E-state index in [-0.39, 0.29) is 6.03 Å². The van der Waals surface area contributed by atoms with E-state index >= 15 is 0 Å². The van der Waals surface area contributed by atoms with Crippen molar-refractivity contribution in [2.45, 2.75) is 6.54 Å². The molecule has 3 aromatic rings. The van der Waals surface area contributed by atoms with E-state index in [1.807, 2.05) is 42.5 Å². The van der Waals surface area contributed by atoms with Crippen LogP contribution in [-0.4, -0.2) is 20.3 Å². The van der Waals surface area contributed by atoms with Gasteiger partial charge in [0.2, 0.25) is 0 Å². The number of nitrogens with one attached hydrogen (secondary N) is 2. The van der Waals surface area contributed by atoms with Crippen LogP contribution in [0.4, 0.5) is 10.5 Å². The fourth-order valence-electron chi connectivity index (χ4n) is 2.58. The highest BCUT2D eigenvalue weighted by molar-refractivity contribution is 5.89. The van der Waals surface area contributed by atoms with Crippen molar-refractivity contribution in [3.05, 3.63) is 78.4 Å². The molecule has 6 nitrogen and oxygen atoms in total. The molecule has 0 heterocycles. The number of anilines is 1. The smallest absolute Gasteiger partial charge is 0.319 e. The summed E-state index contributed by atoms with van der Waals surface area (Å²) in [5.74, 6) is 2.73. The largest absolute Gasteiger partial charge is 0.493 e. The Hall–Kier alpha value is -3.67. The maximum Gasteiger partial charge on any atom is 0.319 e. The summed E-state index contributed by atoms with van der Waals surface area (Å²) in [6.45, 7) is 0.362. The number of carbonyl (C=O) groups is 1. The zero-order chi connectivity index (χ0) is 19.8. The van der Waals surface area contributed by atoms with Gasteiger partial charge in [-0.1, -0.05) is 24.3 Å². The molecule has 0 atom stereocenters. The third-order valence-electron chi connectivity index (χ3n) is 3.99. The van der Waals surface area contributed by atoms with Gasteiger partial charge in [-0.3, -0.25) is 0 Å². The van der Waals surface area contributed by atoms with E-state index in [9.17, 15) is 4.79 Å². The number of methoxy groups -OCH3 is 2. The van der Waals surface area contributed by atoms with Gasteiger partial charge in [0.05, 0.1) is 14.2 Å². The monoisotopic (exact) mass is 378 g/mol. The maximum atomic E-state index is 12.1. The first-order valence-electron chi connectivity index (χ1n) is 8.76. The van der Waals surface area contributed by atoms with Gasteiger partial charge in [-0.2, -0.15) is 0 Å². The van der Waals surface area contributed by atoms with Gasteiger partial charge in [-0.25, -0.2) is 4.79 Å². The number of urea groups is 1. The number of benzene rings is 3. The van der Waals surface area contributed by atoms with E-state index in [4.69, 9.17) is 14.2 Å². The highest BCUT2D eigenvalue weighted by Gasteiger charge is 2.07. The van der Waals surface area contributed by atoms with Crippen molar-refractivity contribution < 1.29 is 19.0 Å². The molecule has 0 fully saturated rings. The quantitative estimate of drug-likeness (QED) is 0.619. The van der Waals surface area contributed by atoms with Gasteiger partial charge < -0.3 is 24.8 Å². The molecule has 144 valence electrons. The molecule has 2 amide bonds. The number of ether oxygens (including phenoxy) is 3. The fraction of sp³-hybridized carbons (Fsp3) is 0.136. The number of para-hydroxylation sites is 1. The van der Waals surface area contributed by atoms with Crippen molar-refractivity contribution in [1.29, 1.82) is 0 Å². The number of amides is 2. The lowest BCUT2D eigenvalue weighted by Gasteiger charge is -2.11. The molecule has 0 spiro atoms. The van der Waals surface area contributed by atoms with Gasteiger partial charge in [0, 0.05) is 12.2 Å². The van der Waals surface area contributed by atoms with Crippen molar-refractivity contribution in [2.75, 3.05) is 19.5 Å². The SMILES string of the molecule is COc1ccc(CNC(=O)Nc2ccc(Oc3ccccc3)cc2)cc1OC. The highest BCUT2D eigenvalue weighted by atomic mass is 16.5. The Morgan fingerprint density at radius 1 is 0.821 bits per heavy atom. The Labute approximate surface area is 164 Å². The summed E-state index contributed by atoms with van der Waals surface area (Å²) in [5, 5.41) is 5.61. The minimum absolute atomic E-state index is 0.300. The van der Waals surface area contributed by atoms with Gasteiger partial charge in [0.25, 0.3) is 0 Å². The van der Waals surface area contributed by atoms with E-state index < -0.39 is 0 Å². The van der Waals surface area contributed by atoms with E-state index in [2.05, 4.69) is 10.6 Å². The molecule has 0 bridgehead atoms. The first-order chi connectivity index (χ1) is 13.7. The third-order valence-corrected chi connectivity index (χ3v) is 3.99. The molecule has 28 heavy (non-hydrogen) atoms. The standard InChI is InChI=1S/C22H22N2O4/c1-26-20-13-8-16(14-21(20)27-2)15-23-22(25)24-17-9-11-19(12-10-17)28-18-6-4-3-5-7-18/h3-14H,15H2,1-2H3,(H2,23,24,25). The summed E-state index contributed by atoms with van der Waals surface area (Å²) in [7, 11) is 3.16. The fourth-order valence-corrected chi connectivity index (χ4v) is 2.58. The van der Waals surface area contributed by atoms with Crippen LogP contribution < -0.4 is 24.8 Å². The number of hydrogen-bond donors (Lipinski definition) is 2. The van der Waals surface area contributed by atoms with E-state index in [1.165, 1.54) is 0 Å². The molecular weight excluding hydrogens is 356 g/mol. The van der Waals surface area contributed by atoms with Crippen LogP contribution in [-0.2, 0) is 6.54 Å². The second kappa shape index (κ2) is 9.32. The normalized spacial score (nSPS) is 10.1. The molecule has 3 aromatic carbocycles. The van der Waals surface area contributed by atoms with Crippen LogP contribution in [0.1, 0.15) is 5.56 Å². The topological polar surface area (TPSA) is 68.8 Å². The Balaban J connectivity index is 1.52. The molecule has 0 saturated carbocycles. The summed E-state index contributed by atoms with van der Waals surface area (Å²) < 4.78 is 16.2. The zero-order valence-electron chi connectivity index (χ0n) is 15.8. The highest BCUT2D eigenvalue weighted by Crippen LogP contribution is 2.27. The third kappa shape index (κ3) is 5.17. The molecule has 2 N–H and O–H groups in total. The summed E-state index contributed by atoms with van der Waals surface area (Å²) in [6, 6.07) is 21.9. The maximum absolute atomic E-state index is 12.1. The van der Waals surface area contributed by atoms with Gasteiger partial charge in [0.15, 0.2) is 11.5 Å². The van der Waals surface area contributed by atoms with Crippen molar-refractivity contribution in [2.24, 2.45) is 0 Å². The Kier molecular flexibility index (Phi) is 6.36. The van der Waals surface area contributed by atoms with Crippen LogP contribution in [0.15, 0.2) is 72.8 Å². The van der Waals surface area contributed by atoms with Crippen LogP contribution in [0.5, 0.6) is 23.0 Å². The van der Waals surface area contributed by atoms with Crippen LogP contribution in [0.2, 0.25) is 0 Å². The predicted molar refractivity (Wildman–Crippen MR) is 108 cm³/mol. The van der Waals surface area contributed by atoms with Crippen LogP contribution in [0.3, 0.4) is 0 Å². The van der Waals surface area contributed by atoms with E-state index in [1.54, 1.807) is 44.6 Å². The summed E-state index contributed by atoms with van der Waals surface area (Å²) in [6.07, 6.45) is 0. The Bertz CT molecular complexity index is 912. The molecule has 0 unspecified atom stereocenters. The molecule has 0 aliphatic heterocycles. The molecule has 0 saturated heterocycles. The lowest BCUT2D eigenvalue weighted by molar-refractivity contribution is 0.251. The lowest BCUT2D eigenvalue weighted by atomic mass is 10.2. The van der Waals surface area contributed by atoms with E-state index in [0.717, 1.165) is 11.3 Å². The van der Waals surface area contributed by atoms with E-state index in [0.29, 0.717) is 29.5 Å². The van der Waals surface area contributed by atoms with Crippen molar-refractivity contribution >= 4 is 11.7 Å². The molecule has 0 radical (unpaired) electrons. The van der Waals surface area contributed by atoms with Crippen LogP contribution >= 0.6 is 0 Å². The van der Waals surface area contributed by atoms with Gasteiger partial charge in [-0.15, -0.1) is 0 Å². The average Bonchev–Trinajstić information content (AvgIpc) is 2.74. The van der Waals surface area contributed by atoms with Crippen molar-refractivity contribution in [1.82, 2.24) is 5.32 Å². The van der Waals surface area contributed by atoms with Gasteiger partial charge >= 0.3 is 6.03 Å². The molecule has 3 rings (SSSR count). The van der Waals surface area contributed by atoms with Gasteiger partial charge in [0.1, 0.15) is 11.5 Å². The second-order valence-corrected chi connectivity index (χ2v) is 5.94. The second-order valence-electron chi connectivity index (χ2n) is 5.94. The van der Waals surface area contributed by atoms with Crippen molar-refractivity contribution in [3.63, 3.8) is 0 Å². The van der Waals surface area contributed by atoms with Crippen LogP contribution in [0.25, 0.3) is 0 Å². The minimum Gasteiger partial charge on any atom is -0.493 e. The Morgan fingerprint density at radius 2 is 1.50 bits per heavy atom. The minimum atomic E-state index is -0.300. The number of hydrogen-bond acceptors (Lipinski definition) is 4. The summed E-state index contributed by atoms with van der Waals surface area (Å²) in [5.41, 5.74) is 1.57. The first-order valence-corrected chi connectivity index (χ1v) is 8.76. The summed E-state index contributed by atoms with van der Waals surface area (Å²) >= 11 is 0. The van der Waals surface area contributed by atoms with Crippen molar-refractivity contribution in [3.8, 4) is 23.0 Å². The molecule has 6 heteroatoms. The summed E-state index contributed by atoms with van der Waals surface area (Å²) in [4.78, 5) is 12.1. The molecule has 0 aromatic heterocycles. The van der Waals surface area contributed by atoms with Gasteiger partial charge in [-0.05, 0) is 54.1 Å². The number of carbonyl (C=O) groups excluding carboxylic acids is 1. The lowest BCUT2D eigenvalue weighted by Crippen LogP contribution is -2.28. The number of rotatable bonds is 7. The zero-order valence-corrected chi connectivity index (χ0v) is 15.8. The molecule has 0 aliphatic rings. The van der Waals surface area contributed by atoms with Crippen LogP contribution in [0, 0.1) is 0 Å². The average molecular weight is 378 g/mol. The Morgan fingerprint density at radius 3 is 2.18 bits per heavy atom. The predicted octanol–water partition coefficient (Wildman–Crippen LogP) is 4.82.